The molecule has 3 radical (unpaired) electrons. The van der Waals surface area contributed by atoms with Gasteiger partial charge in [0.05, 0.1) is 12.1 Å². The molecule has 2 heterocycles. The van der Waals surface area contributed by atoms with Crippen LogP contribution in [-0.2, 0) is 18.6 Å². The molecule has 0 amide bonds. The van der Waals surface area contributed by atoms with Crippen LogP contribution >= 0.6 is 11.8 Å². The van der Waals surface area contributed by atoms with Gasteiger partial charge < -0.3 is 22.0 Å². The van der Waals surface area contributed by atoms with E-state index in [4.69, 9.17) is 7.98 Å². The standard InChI is InChI=1S/C20H20BN5S.V/c1-14-12-25(21)9-10-26(14)16-5-8-19-18(11-16)20(23-13-22-19)24-15-3-6-17(27-2)7-4-15;/h3-8,13-14H,1,9-10,12H2,2H3,(H,22,23,24);/q-2;+2. The average Bonchev–Trinajstić information content (AvgIpc) is 2.69. The van der Waals surface area contributed by atoms with Crippen LogP contribution in [0, 0.1) is 13.0 Å². The maximum atomic E-state index is 5.91. The number of thioether (sulfide) groups is 1. The van der Waals surface area contributed by atoms with Crippen LogP contribution in [0.25, 0.3) is 10.9 Å². The third-order valence-corrected chi connectivity index (χ3v) is 5.45. The molecular weight excluding hydrogens is 404 g/mol. The second kappa shape index (κ2) is 9.22. The monoisotopic (exact) mass is 424 g/mol. The summed E-state index contributed by atoms with van der Waals surface area (Å²) in [6.07, 6.45) is 3.64. The largest absolute Gasteiger partial charge is 2.00 e. The molecule has 1 aliphatic rings. The maximum absolute atomic E-state index is 5.91. The van der Waals surface area contributed by atoms with E-state index in [-0.39, 0.29) is 24.6 Å². The molecule has 1 unspecified atom stereocenters. The Bertz CT molecular complexity index is 940. The van der Waals surface area contributed by atoms with E-state index in [1.165, 1.54) is 4.90 Å². The molecule has 2 aromatic carbocycles. The Balaban J connectivity index is 0.00000225. The molecule has 1 fully saturated rings. The van der Waals surface area contributed by atoms with Crippen molar-refractivity contribution in [2.45, 2.75) is 10.9 Å². The minimum absolute atomic E-state index is 0. The SMILES string of the molecule is [B]N1CCN(c2[c-]c3c(Nc4ccc(SC)cc4)ncnc3cc2)C([CH2-])C1.[V+2]. The molecule has 0 aliphatic carbocycles. The number of rotatable bonds is 4. The fourth-order valence-electron chi connectivity index (χ4n) is 3.25. The topological polar surface area (TPSA) is 44.3 Å². The number of hydrogen-bond donors (Lipinski definition) is 1. The van der Waals surface area contributed by atoms with Gasteiger partial charge in [-0.15, -0.1) is 30.0 Å². The summed E-state index contributed by atoms with van der Waals surface area (Å²) in [6, 6.07) is 15.9. The minimum atomic E-state index is 0. The van der Waals surface area contributed by atoms with Gasteiger partial charge in [0.1, 0.15) is 0 Å². The zero-order valence-electron chi connectivity index (χ0n) is 15.7. The predicted molar refractivity (Wildman–Crippen MR) is 114 cm³/mol. The molecule has 28 heavy (non-hydrogen) atoms. The Hall–Kier alpha value is -1.66. The normalized spacial score (nSPS) is 17.4. The third kappa shape index (κ3) is 4.49. The Kier molecular flexibility index (Phi) is 6.94. The summed E-state index contributed by atoms with van der Waals surface area (Å²) < 4.78 is 0. The van der Waals surface area contributed by atoms with Crippen molar-refractivity contribution in [1.82, 2.24) is 14.8 Å². The zero-order valence-corrected chi connectivity index (χ0v) is 17.9. The number of benzene rings is 2. The second-order valence-corrected chi connectivity index (χ2v) is 7.40. The summed E-state index contributed by atoms with van der Waals surface area (Å²) >= 11 is 1.72. The second-order valence-electron chi connectivity index (χ2n) is 6.52. The fourth-order valence-corrected chi connectivity index (χ4v) is 3.65. The van der Waals surface area contributed by atoms with Gasteiger partial charge in [0, 0.05) is 23.7 Å². The van der Waals surface area contributed by atoms with Crippen molar-refractivity contribution in [3.05, 3.63) is 55.7 Å². The summed E-state index contributed by atoms with van der Waals surface area (Å²) in [6.45, 7) is 6.57. The Labute approximate surface area is 183 Å². The Morgan fingerprint density at radius 3 is 2.68 bits per heavy atom. The van der Waals surface area contributed by atoms with Crippen LogP contribution in [0.5, 0.6) is 0 Å². The predicted octanol–water partition coefficient (Wildman–Crippen LogP) is 3.30. The van der Waals surface area contributed by atoms with Gasteiger partial charge in [-0.2, -0.15) is 0 Å². The number of fused-ring (bicyclic) bond motifs is 1. The number of aromatic nitrogens is 2. The number of hydrogen-bond acceptors (Lipinski definition) is 6. The molecule has 5 nitrogen and oxygen atoms in total. The van der Waals surface area contributed by atoms with Crippen molar-refractivity contribution >= 4 is 47.8 Å². The van der Waals surface area contributed by atoms with Gasteiger partial charge in [0.2, 0.25) is 0 Å². The summed E-state index contributed by atoms with van der Waals surface area (Å²) in [5.41, 5.74) is 2.83. The Morgan fingerprint density at radius 1 is 1.18 bits per heavy atom. The van der Waals surface area contributed by atoms with Gasteiger partial charge in [-0.25, -0.2) is 0 Å². The van der Waals surface area contributed by atoms with Gasteiger partial charge >= 0.3 is 18.6 Å². The molecular formula is C20H20BN5SV. The molecule has 139 valence electrons. The van der Waals surface area contributed by atoms with E-state index in [0.717, 1.165) is 47.7 Å². The van der Waals surface area contributed by atoms with Crippen LogP contribution in [0.3, 0.4) is 0 Å². The molecule has 0 saturated carbocycles. The van der Waals surface area contributed by atoms with E-state index in [1.54, 1.807) is 18.1 Å². The summed E-state index contributed by atoms with van der Waals surface area (Å²) in [4.78, 5) is 14.1. The number of nitrogens with one attached hydrogen (secondary N) is 1. The average molecular weight is 424 g/mol. The van der Waals surface area contributed by atoms with Crippen molar-refractivity contribution in [3.8, 4) is 0 Å². The van der Waals surface area contributed by atoms with Crippen LogP contribution in [0.15, 0.2) is 47.6 Å². The first kappa shape index (κ1) is 21.1. The molecule has 1 atom stereocenters. The van der Waals surface area contributed by atoms with Crippen molar-refractivity contribution in [1.29, 1.82) is 0 Å². The van der Waals surface area contributed by atoms with E-state index in [1.807, 2.05) is 16.9 Å². The van der Waals surface area contributed by atoms with Crippen molar-refractivity contribution in [2.24, 2.45) is 0 Å². The molecule has 4 rings (SSSR count). The van der Waals surface area contributed by atoms with Crippen molar-refractivity contribution < 1.29 is 18.6 Å². The number of anilines is 3. The van der Waals surface area contributed by atoms with Gasteiger partial charge in [0.25, 0.3) is 0 Å². The van der Waals surface area contributed by atoms with Crippen molar-refractivity contribution in [2.75, 3.05) is 36.1 Å². The zero-order chi connectivity index (χ0) is 18.8. The van der Waals surface area contributed by atoms with Crippen LogP contribution in [-0.4, -0.2) is 54.7 Å². The first-order valence-corrected chi connectivity index (χ1v) is 10.0. The van der Waals surface area contributed by atoms with E-state index in [2.05, 4.69) is 63.7 Å². The van der Waals surface area contributed by atoms with Gasteiger partial charge in [-0.3, -0.25) is 9.97 Å². The molecule has 8 heteroatoms. The van der Waals surface area contributed by atoms with E-state index in [9.17, 15) is 0 Å². The Morgan fingerprint density at radius 2 is 1.96 bits per heavy atom. The van der Waals surface area contributed by atoms with Gasteiger partial charge in [-0.05, 0) is 42.6 Å². The van der Waals surface area contributed by atoms with Gasteiger partial charge in [0.15, 0.2) is 7.98 Å². The molecule has 1 aromatic heterocycles. The summed E-state index contributed by atoms with van der Waals surface area (Å²) in [5.74, 6) is 0.747. The number of nitrogens with zero attached hydrogens (tertiary/aromatic N) is 4. The molecule has 3 aromatic rings. The van der Waals surface area contributed by atoms with E-state index < -0.39 is 0 Å². The third-order valence-electron chi connectivity index (χ3n) is 4.71. The van der Waals surface area contributed by atoms with Gasteiger partial charge in [-0.1, -0.05) is 17.1 Å². The summed E-state index contributed by atoms with van der Waals surface area (Å²) in [7, 11) is 5.91. The van der Waals surface area contributed by atoms with E-state index in [0.29, 0.717) is 0 Å². The number of piperazine rings is 1. The van der Waals surface area contributed by atoms with Crippen LogP contribution in [0.4, 0.5) is 17.2 Å². The maximum Gasteiger partial charge on any atom is 2.00 e. The van der Waals surface area contributed by atoms with Crippen LogP contribution < -0.4 is 10.2 Å². The first-order chi connectivity index (χ1) is 13.1. The minimum Gasteiger partial charge on any atom is -0.412 e. The first-order valence-electron chi connectivity index (χ1n) is 8.81. The summed E-state index contributed by atoms with van der Waals surface area (Å²) in [5, 5.41) is 4.26. The van der Waals surface area contributed by atoms with Crippen LogP contribution in [0.1, 0.15) is 0 Å². The fraction of sp³-hybridized carbons (Fsp3) is 0.250. The smallest absolute Gasteiger partial charge is 0.412 e. The quantitative estimate of drug-likeness (QED) is 0.394. The molecule has 1 saturated heterocycles. The molecule has 1 N–H and O–H groups in total. The molecule has 0 spiro atoms. The van der Waals surface area contributed by atoms with Crippen molar-refractivity contribution in [3.63, 3.8) is 0 Å². The van der Waals surface area contributed by atoms with Crippen LogP contribution in [0.2, 0.25) is 0 Å². The molecule has 1 aliphatic heterocycles. The molecule has 0 bridgehead atoms. The van der Waals surface area contributed by atoms with E-state index >= 15 is 0 Å².